The maximum absolute atomic E-state index is 6.73. The van der Waals surface area contributed by atoms with Gasteiger partial charge in [0.15, 0.2) is 0 Å². The molecule has 2 nitrogen and oxygen atoms in total. The van der Waals surface area contributed by atoms with Crippen molar-refractivity contribution in [1.29, 1.82) is 0 Å². The van der Waals surface area contributed by atoms with E-state index in [-0.39, 0.29) is 5.60 Å². The molecule has 0 aliphatic carbocycles. The Kier molecular flexibility index (Phi) is 10.4. The topological polar surface area (TPSA) is 21.3 Å². The Labute approximate surface area is 200 Å². The van der Waals surface area contributed by atoms with Crippen molar-refractivity contribution in [2.24, 2.45) is 17.8 Å². The van der Waals surface area contributed by atoms with E-state index in [4.69, 9.17) is 4.74 Å². The Bertz CT molecular complexity index is 722. The number of hydrogen-bond donors (Lipinski definition) is 1. The van der Waals surface area contributed by atoms with E-state index < -0.39 is 0 Å². The molecule has 0 saturated heterocycles. The van der Waals surface area contributed by atoms with Crippen molar-refractivity contribution in [2.45, 2.75) is 132 Å². The minimum absolute atomic E-state index is 0.0115. The Balaban J connectivity index is 1.77. The summed E-state index contributed by atoms with van der Waals surface area (Å²) >= 11 is 0. The Morgan fingerprint density at radius 1 is 0.812 bits per heavy atom. The van der Waals surface area contributed by atoms with E-state index in [0.717, 1.165) is 30.6 Å². The van der Waals surface area contributed by atoms with Gasteiger partial charge in [0.2, 0.25) is 0 Å². The monoisotopic (exact) mass is 443 g/mol. The third-order valence-electron chi connectivity index (χ3n) is 8.16. The molecule has 0 saturated carbocycles. The van der Waals surface area contributed by atoms with Crippen LogP contribution >= 0.6 is 0 Å². The summed E-state index contributed by atoms with van der Waals surface area (Å²) in [6.45, 7) is 18.6. The zero-order valence-electron chi connectivity index (χ0n) is 22.9. The number of benzene rings is 1. The summed E-state index contributed by atoms with van der Waals surface area (Å²) in [6.07, 6.45) is 14.5. The highest BCUT2D eigenvalue weighted by molar-refractivity contribution is 5.67. The molecule has 0 amide bonds. The van der Waals surface area contributed by atoms with Crippen molar-refractivity contribution in [3.63, 3.8) is 0 Å². The van der Waals surface area contributed by atoms with E-state index >= 15 is 0 Å². The highest BCUT2D eigenvalue weighted by atomic mass is 16.5. The predicted octanol–water partition coefficient (Wildman–Crippen LogP) is 9.18. The summed E-state index contributed by atoms with van der Waals surface area (Å²) in [5.41, 5.74) is 6.72. The standard InChI is InChI=1S/C30H53NO/c1-21(2)13-10-14-22(3)15-11-16-23(4)17-12-19-30(8)20-18-27-26(7)28(31-9)24(5)25(6)29(27)32-30/h21-23,31H,10-20H2,1-9H3/t22-,23-,30-/m1/s1. The molecule has 1 aliphatic rings. The maximum Gasteiger partial charge on any atom is 0.126 e. The summed E-state index contributed by atoms with van der Waals surface area (Å²) < 4.78 is 6.73. The van der Waals surface area contributed by atoms with Gasteiger partial charge in [-0.1, -0.05) is 72.6 Å². The first-order chi connectivity index (χ1) is 15.1. The molecule has 1 N–H and O–H groups in total. The first kappa shape index (κ1) is 27.1. The molecule has 0 spiro atoms. The molecular formula is C30H53NO. The van der Waals surface area contributed by atoms with Crippen LogP contribution in [0.15, 0.2) is 0 Å². The molecular weight excluding hydrogens is 390 g/mol. The summed E-state index contributed by atoms with van der Waals surface area (Å²) in [5.74, 6) is 3.76. The van der Waals surface area contributed by atoms with Crippen molar-refractivity contribution < 1.29 is 4.74 Å². The fourth-order valence-electron chi connectivity index (χ4n) is 5.67. The van der Waals surface area contributed by atoms with Crippen molar-refractivity contribution in [3.05, 3.63) is 22.3 Å². The SMILES string of the molecule is CNc1c(C)c(C)c2c(c1C)CC[C@@](C)(CCC[C@H](C)CCC[C@H](C)CCCC(C)C)O2. The van der Waals surface area contributed by atoms with Gasteiger partial charge in [-0.3, -0.25) is 0 Å². The average Bonchev–Trinajstić information content (AvgIpc) is 2.72. The van der Waals surface area contributed by atoms with Crippen LogP contribution in [0.4, 0.5) is 5.69 Å². The summed E-state index contributed by atoms with van der Waals surface area (Å²) in [6, 6.07) is 0. The number of ether oxygens (including phenoxy) is 1. The number of fused-ring (bicyclic) bond motifs is 1. The third kappa shape index (κ3) is 7.42. The van der Waals surface area contributed by atoms with E-state index in [1.807, 2.05) is 7.05 Å². The zero-order chi connectivity index (χ0) is 23.9. The van der Waals surface area contributed by atoms with Gasteiger partial charge in [-0.05, 0) is 93.4 Å². The molecule has 1 heterocycles. The second-order valence-corrected chi connectivity index (χ2v) is 11.7. The Hall–Kier alpha value is -1.18. The first-order valence-corrected chi connectivity index (χ1v) is 13.6. The van der Waals surface area contributed by atoms with Gasteiger partial charge in [0.1, 0.15) is 11.4 Å². The van der Waals surface area contributed by atoms with E-state index in [0.29, 0.717) is 0 Å². The molecule has 3 atom stereocenters. The van der Waals surface area contributed by atoms with Gasteiger partial charge in [-0.2, -0.15) is 0 Å². The van der Waals surface area contributed by atoms with Crippen molar-refractivity contribution in [1.82, 2.24) is 0 Å². The van der Waals surface area contributed by atoms with Crippen LogP contribution in [0, 0.1) is 38.5 Å². The largest absolute Gasteiger partial charge is 0.487 e. The zero-order valence-corrected chi connectivity index (χ0v) is 22.9. The van der Waals surface area contributed by atoms with E-state index in [1.54, 1.807) is 0 Å². The molecule has 1 aliphatic heterocycles. The van der Waals surface area contributed by atoms with Crippen LogP contribution < -0.4 is 10.1 Å². The Morgan fingerprint density at radius 2 is 1.38 bits per heavy atom. The maximum atomic E-state index is 6.73. The van der Waals surface area contributed by atoms with Crippen LogP contribution in [-0.2, 0) is 6.42 Å². The molecule has 0 fully saturated rings. The molecule has 0 unspecified atom stereocenters. The van der Waals surface area contributed by atoms with Crippen LogP contribution in [0.1, 0.15) is 121 Å². The predicted molar refractivity (Wildman–Crippen MR) is 142 cm³/mol. The van der Waals surface area contributed by atoms with Gasteiger partial charge >= 0.3 is 0 Å². The van der Waals surface area contributed by atoms with E-state index in [9.17, 15) is 0 Å². The number of rotatable bonds is 13. The van der Waals surface area contributed by atoms with Gasteiger partial charge in [0, 0.05) is 12.7 Å². The minimum Gasteiger partial charge on any atom is -0.487 e. The van der Waals surface area contributed by atoms with Crippen molar-refractivity contribution in [3.8, 4) is 5.75 Å². The first-order valence-electron chi connectivity index (χ1n) is 13.6. The van der Waals surface area contributed by atoms with Gasteiger partial charge in [0.25, 0.3) is 0 Å². The molecule has 2 rings (SSSR count). The van der Waals surface area contributed by atoms with Crippen molar-refractivity contribution >= 4 is 5.69 Å². The number of hydrogen-bond acceptors (Lipinski definition) is 2. The molecule has 0 bridgehead atoms. The van der Waals surface area contributed by atoms with Crippen LogP contribution in [0.5, 0.6) is 5.75 Å². The van der Waals surface area contributed by atoms with Crippen LogP contribution in [-0.4, -0.2) is 12.6 Å². The van der Waals surface area contributed by atoms with Crippen LogP contribution in [0.3, 0.4) is 0 Å². The van der Waals surface area contributed by atoms with Gasteiger partial charge in [0.05, 0.1) is 0 Å². The fraction of sp³-hybridized carbons (Fsp3) is 0.800. The van der Waals surface area contributed by atoms with Gasteiger partial charge < -0.3 is 10.1 Å². The molecule has 0 aromatic heterocycles. The quantitative estimate of drug-likeness (QED) is 0.328. The number of nitrogens with one attached hydrogen (secondary N) is 1. The summed E-state index contributed by atoms with van der Waals surface area (Å²) in [7, 11) is 2.03. The minimum atomic E-state index is -0.0115. The molecule has 184 valence electrons. The van der Waals surface area contributed by atoms with Gasteiger partial charge in [-0.15, -0.1) is 0 Å². The lowest BCUT2D eigenvalue weighted by molar-refractivity contribution is 0.0514. The second-order valence-electron chi connectivity index (χ2n) is 11.7. The van der Waals surface area contributed by atoms with Crippen molar-refractivity contribution in [2.75, 3.05) is 12.4 Å². The highest BCUT2D eigenvalue weighted by Crippen LogP contribution is 2.44. The summed E-state index contributed by atoms with van der Waals surface area (Å²) in [5, 5.41) is 3.40. The normalized spacial score (nSPS) is 20.1. The summed E-state index contributed by atoms with van der Waals surface area (Å²) in [4.78, 5) is 0. The van der Waals surface area contributed by atoms with Crippen LogP contribution in [0.25, 0.3) is 0 Å². The third-order valence-corrected chi connectivity index (χ3v) is 8.16. The smallest absolute Gasteiger partial charge is 0.126 e. The average molecular weight is 444 g/mol. The van der Waals surface area contributed by atoms with Crippen LogP contribution in [0.2, 0.25) is 0 Å². The lowest BCUT2D eigenvalue weighted by atomic mass is 9.83. The molecule has 2 heteroatoms. The molecule has 1 aromatic rings. The highest BCUT2D eigenvalue weighted by Gasteiger charge is 2.34. The number of anilines is 1. The van der Waals surface area contributed by atoms with E-state index in [1.165, 1.54) is 91.5 Å². The molecule has 0 radical (unpaired) electrons. The second kappa shape index (κ2) is 12.3. The fourth-order valence-corrected chi connectivity index (χ4v) is 5.67. The molecule has 1 aromatic carbocycles. The Morgan fingerprint density at radius 3 is 1.94 bits per heavy atom. The lowest BCUT2D eigenvalue weighted by Gasteiger charge is -2.38. The molecule has 32 heavy (non-hydrogen) atoms. The van der Waals surface area contributed by atoms with E-state index in [2.05, 4.69) is 60.7 Å². The van der Waals surface area contributed by atoms with Gasteiger partial charge in [-0.25, -0.2) is 0 Å². The lowest BCUT2D eigenvalue weighted by Crippen LogP contribution is -2.37.